The van der Waals surface area contributed by atoms with E-state index in [-0.39, 0.29) is 19.6 Å². The number of carbonyl (C=O) groups excluding carboxylic acids is 3. The lowest BCUT2D eigenvalue weighted by molar-refractivity contribution is -0.152. The van der Waals surface area contributed by atoms with Gasteiger partial charge in [-0.15, -0.1) is 6.58 Å². The molecule has 0 bridgehead atoms. The summed E-state index contributed by atoms with van der Waals surface area (Å²) in [5, 5.41) is 4.59. The summed E-state index contributed by atoms with van der Waals surface area (Å²) in [6.45, 7) is 13.2. The van der Waals surface area contributed by atoms with Crippen LogP contribution < -0.4 is 10.1 Å². The van der Waals surface area contributed by atoms with E-state index in [1.165, 1.54) is 12.0 Å². The molecule has 0 unspecified atom stereocenters. The molecular weight excluding hydrogens is 512 g/mol. The van der Waals surface area contributed by atoms with Crippen molar-refractivity contribution in [1.29, 1.82) is 0 Å². The van der Waals surface area contributed by atoms with Crippen LogP contribution in [-0.4, -0.2) is 69.4 Å². The minimum atomic E-state index is -0.996. The molecule has 1 aliphatic heterocycles. The minimum Gasteiger partial charge on any atom is -0.496 e. The summed E-state index contributed by atoms with van der Waals surface area (Å²) >= 11 is 0. The molecule has 216 valence electrons. The zero-order valence-corrected chi connectivity index (χ0v) is 24.2. The van der Waals surface area contributed by atoms with Crippen molar-refractivity contribution >= 4 is 34.8 Å². The number of nitrogens with one attached hydrogen (secondary N) is 1. The SMILES string of the molecule is C=CCCOC(=O)N[C@H](C(=O)N1C[C@](OC)(c2ccc3cc(OC)c(C=C)cc3c2)C[C@H]1C(=O)OC)C(C)(C)C. The van der Waals surface area contributed by atoms with Gasteiger partial charge in [-0.2, -0.15) is 0 Å². The Bertz CT molecular complexity index is 1280. The molecule has 1 aliphatic rings. The Balaban J connectivity index is 2.01. The van der Waals surface area contributed by atoms with E-state index in [4.69, 9.17) is 18.9 Å². The van der Waals surface area contributed by atoms with Crippen molar-refractivity contribution in [2.24, 2.45) is 5.41 Å². The number of ether oxygens (including phenoxy) is 4. The van der Waals surface area contributed by atoms with Crippen molar-refractivity contribution in [2.75, 3.05) is 34.5 Å². The van der Waals surface area contributed by atoms with Gasteiger partial charge in [0.1, 0.15) is 23.4 Å². The Hall–Kier alpha value is -3.85. The third kappa shape index (κ3) is 6.31. The van der Waals surface area contributed by atoms with Gasteiger partial charge >= 0.3 is 12.1 Å². The predicted octanol–water partition coefficient (Wildman–Crippen LogP) is 4.82. The van der Waals surface area contributed by atoms with Crippen LogP contribution in [0, 0.1) is 5.41 Å². The molecule has 3 rings (SSSR count). The lowest BCUT2D eigenvalue weighted by Crippen LogP contribution is -2.57. The maximum atomic E-state index is 14.0. The number of esters is 1. The number of carbonyl (C=O) groups is 3. The summed E-state index contributed by atoms with van der Waals surface area (Å²) in [6, 6.07) is 7.89. The van der Waals surface area contributed by atoms with E-state index in [0.29, 0.717) is 12.2 Å². The number of methoxy groups -OCH3 is 3. The Morgan fingerprint density at radius 3 is 2.42 bits per heavy atom. The molecule has 1 N–H and O–H groups in total. The molecule has 2 amide bonds. The van der Waals surface area contributed by atoms with E-state index in [0.717, 1.165) is 21.9 Å². The monoisotopic (exact) mass is 552 g/mol. The van der Waals surface area contributed by atoms with Gasteiger partial charge in [0.15, 0.2) is 0 Å². The van der Waals surface area contributed by atoms with Gasteiger partial charge in [-0.1, -0.05) is 51.6 Å². The van der Waals surface area contributed by atoms with Crippen LogP contribution in [0.4, 0.5) is 4.79 Å². The Labute approximate surface area is 236 Å². The Morgan fingerprint density at radius 2 is 1.85 bits per heavy atom. The van der Waals surface area contributed by atoms with E-state index < -0.39 is 41.1 Å². The largest absolute Gasteiger partial charge is 0.496 e. The molecule has 1 fully saturated rings. The molecule has 0 aliphatic carbocycles. The molecule has 9 heteroatoms. The number of nitrogens with zero attached hydrogens (tertiary/aromatic N) is 1. The van der Waals surface area contributed by atoms with Crippen molar-refractivity contribution in [3.63, 3.8) is 0 Å². The second kappa shape index (κ2) is 12.6. The molecule has 2 aromatic rings. The first-order valence-electron chi connectivity index (χ1n) is 13.2. The van der Waals surface area contributed by atoms with Gasteiger partial charge < -0.3 is 29.2 Å². The highest BCUT2D eigenvalue weighted by molar-refractivity contribution is 5.92. The summed E-state index contributed by atoms with van der Waals surface area (Å²) in [5.41, 5.74) is -0.0372. The first-order valence-corrected chi connectivity index (χ1v) is 13.2. The first-order chi connectivity index (χ1) is 18.9. The van der Waals surface area contributed by atoms with Gasteiger partial charge in [0.25, 0.3) is 0 Å². The number of alkyl carbamates (subject to hydrolysis) is 1. The van der Waals surface area contributed by atoms with Crippen LogP contribution in [-0.2, 0) is 29.4 Å². The number of benzene rings is 2. The maximum Gasteiger partial charge on any atom is 0.407 e. The summed E-state index contributed by atoms with van der Waals surface area (Å²) in [5.74, 6) is -0.279. The number of likely N-dealkylation sites (tertiary alicyclic amines) is 1. The van der Waals surface area contributed by atoms with Crippen LogP contribution in [0.15, 0.2) is 49.6 Å². The van der Waals surface area contributed by atoms with Crippen LogP contribution in [0.25, 0.3) is 16.8 Å². The van der Waals surface area contributed by atoms with E-state index in [2.05, 4.69) is 18.5 Å². The molecule has 40 heavy (non-hydrogen) atoms. The minimum absolute atomic E-state index is 0.0812. The van der Waals surface area contributed by atoms with Crippen LogP contribution in [0.5, 0.6) is 5.75 Å². The molecule has 0 radical (unpaired) electrons. The van der Waals surface area contributed by atoms with Crippen LogP contribution in [0.3, 0.4) is 0 Å². The van der Waals surface area contributed by atoms with E-state index >= 15 is 0 Å². The van der Waals surface area contributed by atoms with E-state index in [9.17, 15) is 14.4 Å². The Kier molecular flexibility index (Phi) is 9.63. The molecule has 2 aromatic carbocycles. The summed E-state index contributed by atoms with van der Waals surface area (Å²) < 4.78 is 21.9. The van der Waals surface area contributed by atoms with E-state index in [1.807, 2.05) is 51.1 Å². The maximum absolute atomic E-state index is 14.0. The number of amides is 2. The lowest BCUT2D eigenvalue weighted by Gasteiger charge is -2.35. The number of hydrogen-bond acceptors (Lipinski definition) is 7. The highest BCUT2D eigenvalue weighted by Crippen LogP contribution is 2.42. The molecule has 0 aromatic heterocycles. The molecule has 0 spiro atoms. The lowest BCUT2D eigenvalue weighted by atomic mass is 9.85. The average molecular weight is 553 g/mol. The zero-order chi connectivity index (χ0) is 29.7. The number of hydrogen-bond donors (Lipinski definition) is 1. The highest BCUT2D eigenvalue weighted by Gasteiger charge is 2.53. The molecule has 1 saturated heterocycles. The Morgan fingerprint density at radius 1 is 1.12 bits per heavy atom. The van der Waals surface area contributed by atoms with Gasteiger partial charge in [0, 0.05) is 19.1 Å². The second-order valence-corrected chi connectivity index (χ2v) is 10.9. The molecule has 0 saturated carbocycles. The van der Waals surface area contributed by atoms with Gasteiger partial charge in [-0.05, 0) is 46.4 Å². The van der Waals surface area contributed by atoms with Gasteiger partial charge in [0.05, 0.1) is 27.4 Å². The van der Waals surface area contributed by atoms with Crippen molar-refractivity contribution in [1.82, 2.24) is 10.2 Å². The fourth-order valence-electron chi connectivity index (χ4n) is 5.05. The standard InChI is InChI=1S/C31H40N2O7/c1-9-11-14-40-29(36)32-26(30(3,4)5)27(34)33-19-31(39-8,18-24(33)28(35)38-7)23-13-12-21-17-25(37-6)20(10-2)15-22(21)16-23/h9-10,12-13,15-17,24,26H,1-2,11,14,18-19H2,3-8H3,(H,32,36)/t24-,26+,31-/m0/s1. The molecule has 1 heterocycles. The molecule has 3 atom stereocenters. The highest BCUT2D eigenvalue weighted by atomic mass is 16.5. The van der Waals surface area contributed by atoms with Crippen molar-refractivity contribution < 1.29 is 33.3 Å². The van der Waals surface area contributed by atoms with Gasteiger partial charge in [-0.3, -0.25) is 4.79 Å². The number of fused-ring (bicyclic) bond motifs is 1. The first kappa shape index (κ1) is 30.7. The average Bonchev–Trinajstić information content (AvgIpc) is 3.35. The summed E-state index contributed by atoms with van der Waals surface area (Å²) in [6.07, 6.45) is 3.31. The van der Waals surface area contributed by atoms with Crippen LogP contribution in [0.1, 0.15) is 44.7 Å². The summed E-state index contributed by atoms with van der Waals surface area (Å²) in [7, 11) is 4.46. The van der Waals surface area contributed by atoms with Crippen LogP contribution >= 0.6 is 0 Å². The third-order valence-corrected chi connectivity index (χ3v) is 7.34. The van der Waals surface area contributed by atoms with Crippen molar-refractivity contribution in [3.8, 4) is 5.75 Å². The fourth-order valence-corrected chi connectivity index (χ4v) is 5.05. The molecular formula is C31H40N2O7. The third-order valence-electron chi connectivity index (χ3n) is 7.34. The van der Waals surface area contributed by atoms with Crippen LogP contribution in [0.2, 0.25) is 0 Å². The smallest absolute Gasteiger partial charge is 0.407 e. The van der Waals surface area contributed by atoms with Gasteiger partial charge in [-0.25, -0.2) is 9.59 Å². The predicted molar refractivity (Wildman–Crippen MR) is 154 cm³/mol. The van der Waals surface area contributed by atoms with Gasteiger partial charge in [0.2, 0.25) is 5.91 Å². The normalized spacial score (nSPS) is 19.6. The molecule has 9 nitrogen and oxygen atoms in total. The zero-order valence-electron chi connectivity index (χ0n) is 24.2. The van der Waals surface area contributed by atoms with Crippen molar-refractivity contribution in [2.45, 2.75) is 51.3 Å². The summed E-state index contributed by atoms with van der Waals surface area (Å²) in [4.78, 5) is 41.0. The fraction of sp³-hybridized carbons (Fsp3) is 0.452. The topological polar surface area (TPSA) is 103 Å². The van der Waals surface area contributed by atoms with E-state index in [1.54, 1.807) is 26.4 Å². The second-order valence-electron chi connectivity index (χ2n) is 10.9. The number of rotatable bonds is 10. The quantitative estimate of drug-likeness (QED) is 0.256. The van der Waals surface area contributed by atoms with Crippen molar-refractivity contribution in [3.05, 3.63) is 60.7 Å².